The number of aliphatic hydroxyl groups is 2. The molecule has 2 heterocycles. The van der Waals surface area contributed by atoms with Crippen molar-refractivity contribution in [1.82, 2.24) is 4.90 Å². The maximum atomic E-state index is 9.88. The molecule has 2 saturated heterocycles. The smallest absolute Gasteiger partial charge is 0.190 e. The van der Waals surface area contributed by atoms with Gasteiger partial charge in [-0.3, -0.25) is 0 Å². The molecule has 0 spiro atoms. The van der Waals surface area contributed by atoms with Gasteiger partial charge in [-0.05, 0) is 40.9 Å². The molecule has 0 aromatic rings. The summed E-state index contributed by atoms with van der Waals surface area (Å²) in [5.41, 5.74) is 0. The van der Waals surface area contributed by atoms with Crippen molar-refractivity contribution in [3.8, 4) is 0 Å². The predicted molar refractivity (Wildman–Crippen MR) is 74.7 cm³/mol. The van der Waals surface area contributed by atoms with E-state index in [1.165, 1.54) is 0 Å². The van der Waals surface area contributed by atoms with Crippen molar-refractivity contribution in [2.45, 2.75) is 56.8 Å². The average Bonchev–Trinajstić information content (AvgIpc) is 2.86. The highest BCUT2D eigenvalue weighted by Crippen LogP contribution is 2.39. The average molecular weight is 305 g/mol. The first-order valence-corrected chi connectivity index (χ1v) is 7.40. The fourth-order valence-electron chi connectivity index (χ4n) is 2.71. The quantitative estimate of drug-likeness (QED) is 0.617. The lowest BCUT2D eigenvalue weighted by Gasteiger charge is -2.28. The molecule has 2 aliphatic rings. The van der Waals surface area contributed by atoms with Crippen LogP contribution < -0.4 is 0 Å². The van der Waals surface area contributed by atoms with E-state index >= 15 is 0 Å². The third-order valence-electron chi connectivity index (χ3n) is 3.65. The van der Waals surface area contributed by atoms with Crippen LogP contribution in [0.1, 0.15) is 20.3 Å². The normalized spacial score (nSPS) is 36.1. The minimum atomic E-state index is -1.01. The van der Waals surface area contributed by atoms with Gasteiger partial charge in [-0.25, -0.2) is 0 Å². The zero-order valence-electron chi connectivity index (χ0n) is 13.2. The molecule has 2 unspecified atom stereocenters. The second-order valence-electron chi connectivity index (χ2n) is 6.31. The van der Waals surface area contributed by atoms with Crippen LogP contribution >= 0.6 is 0 Å². The van der Waals surface area contributed by atoms with Gasteiger partial charge in [0.1, 0.15) is 24.4 Å². The fourth-order valence-corrected chi connectivity index (χ4v) is 2.71. The number of ether oxygens (including phenoxy) is 4. The molecule has 5 atom stereocenters. The summed E-state index contributed by atoms with van der Waals surface area (Å²) in [4.78, 5) is 2.08. The third-order valence-corrected chi connectivity index (χ3v) is 3.65. The first-order valence-electron chi connectivity index (χ1n) is 7.40. The highest BCUT2D eigenvalue weighted by Gasteiger charge is 2.56. The molecule has 7 nitrogen and oxygen atoms in total. The van der Waals surface area contributed by atoms with Gasteiger partial charge < -0.3 is 34.1 Å². The Morgan fingerprint density at radius 3 is 2.62 bits per heavy atom. The van der Waals surface area contributed by atoms with Crippen molar-refractivity contribution in [2.75, 3.05) is 33.9 Å². The lowest BCUT2D eigenvalue weighted by molar-refractivity contribution is -0.231. The van der Waals surface area contributed by atoms with Gasteiger partial charge in [0.25, 0.3) is 0 Å². The van der Waals surface area contributed by atoms with Crippen LogP contribution in [0.25, 0.3) is 0 Å². The fraction of sp³-hybridized carbons (Fsp3) is 1.00. The van der Waals surface area contributed by atoms with Gasteiger partial charge >= 0.3 is 0 Å². The summed E-state index contributed by atoms with van der Waals surface area (Å²) in [6, 6.07) is 0. The van der Waals surface area contributed by atoms with Crippen LogP contribution in [-0.2, 0) is 18.9 Å². The summed E-state index contributed by atoms with van der Waals surface area (Å²) >= 11 is 0. The first-order chi connectivity index (χ1) is 9.84. The van der Waals surface area contributed by atoms with E-state index in [4.69, 9.17) is 24.1 Å². The molecule has 0 aromatic carbocycles. The summed E-state index contributed by atoms with van der Waals surface area (Å²) in [6.45, 7) is 4.70. The van der Waals surface area contributed by atoms with Crippen molar-refractivity contribution < 1.29 is 29.2 Å². The molecule has 0 aromatic heterocycles. The van der Waals surface area contributed by atoms with Gasteiger partial charge in [0.2, 0.25) is 0 Å². The van der Waals surface area contributed by atoms with Crippen LogP contribution in [0, 0.1) is 0 Å². The van der Waals surface area contributed by atoms with E-state index in [1.54, 1.807) is 0 Å². The second-order valence-corrected chi connectivity index (χ2v) is 6.31. The highest BCUT2D eigenvalue weighted by atomic mass is 16.8. The Bertz CT molecular complexity index is 337. The van der Waals surface area contributed by atoms with Gasteiger partial charge in [-0.2, -0.15) is 0 Å². The maximum absolute atomic E-state index is 9.88. The molecule has 0 saturated carbocycles. The molecule has 0 aliphatic carbocycles. The molecule has 0 radical (unpaired) electrons. The van der Waals surface area contributed by atoms with E-state index in [-0.39, 0.29) is 12.7 Å². The van der Waals surface area contributed by atoms with Gasteiger partial charge in [0.05, 0.1) is 6.61 Å². The van der Waals surface area contributed by atoms with Gasteiger partial charge in [0.15, 0.2) is 12.1 Å². The molecule has 7 heteroatoms. The Hall–Kier alpha value is -0.280. The largest absolute Gasteiger partial charge is 0.394 e. The summed E-state index contributed by atoms with van der Waals surface area (Å²) in [7, 11) is 4.01. The van der Waals surface area contributed by atoms with Crippen LogP contribution in [0.3, 0.4) is 0 Å². The summed E-state index contributed by atoms with van der Waals surface area (Å²) < 4.78 is 23.0. The number of hydrogen-bond acceptors (Lipinski definition) is 7. The number of nitrogens with zero attached hydrogens (tertiary/aromatic N) is 1. The van der Waals surface area contributed by atoms with Crippen molar-refractivity contribution in [3.05, 3.63) is 0 Å². The van der Waals surface area contributed by atoms with Crippen molar-refractivity contribution in [2.24, 2.45) is 0 Å². The molecular formula is C14H27NO6. The lowest BCUT2D eigenvalue weighted by atomic mass is 10.1. The van der Waals surface area contributed by atoms with E-state index in [1.807, 2.05) is 27.9 Å². The summed E-state index contributed by atoms with van der Waals surface area (Å²) in [5, 5.41) is 19.0. The van der Waals surface area contributed by atoms with E-state index < -0.39 is 30.4 Å². The van der Waals surface area contributed by atoms with Gasteiger partial charge in [-0.1, -0.05) is 0 Å². The number of aliphatic hydroxyl groups excluding tert-OH is 2. The van der Waals surface area contributed by atoms with E-state index in [9.17, 15) is 5.11 Å². The Morgan fingerprint density at radius 1 is 1.29 bits per heavy atom. The number of rotatable bonds is 7. The van der Waals surface area contributed by atoms with E-state index in [0.29, 0.717) is 6.61 Å². The van der Waals surface area contributed by atoms with Gasteiger partial charge in [-0.15, -0.1) is 0 Å². The minimum absolute atomic E-state index is 0.384. The molecule has 2 rings (SSSR count). The van der Waals surface area contributed by atoms with E-state index in [2.05, 4.69) is 4.90 Å². The molecule has 124 valence electrons. The lowest BCUT2D eigenvalue weighted by Crippen LogP contribution is -2.44. The highest BCUT2D eigenvalue weighted by molar-refractivity contribution is 4.96. The van der Waals surface area contributed by atoms with Crippen LogP contribution in [0.2, 0.25) is 0 Å². The Labute approximate surface area is 125 Å². The molecule has 2 fully saturated rings. The molecule has 2 N–H and O–H groups in total. The topological polar surface area (TPSA) is 80.6 Å². The first kappa shape index (κ1) is 17.1. The van der Waals surface area contributed by atoms with Crippen molar-refractivity contribution in [3.63, 3.8) is 0 Å². The van der Waals surface area contributed by atoms with Gasteiger partial charge in [0, 0.05) is 6.61 Å². The Morgan fingerprint density at radius 2 is 2.00 bits per heavy atom. The van der Waals surface area contributed by atoms with Crippen LogP contribution in [-0.4, -0.2) is 85.5 Å². The predicted octanol–water partition coefficient (Wildman–Crippen LogP) is -0.447. The molecule has 21 heavy (non-hydrogen) atoms. The minimum Gasteiger partial charge on any atom is -0.394 e. The van der Waals surface area contributed by atoms with E-state index in [0.717, 1.165) is 13.0 Å². The van der Waals surface area contributed by atoms with Crippen molar-refractivity contribution >= 4 is 0 Å². The Kier molecular flexibility index (Phi) is 5.59. The third kappa shape index (κ3) is 4.13. The Balaban J connectivity index is 1.94. The van der Waals surface area contributed by atoms with Crippen LogP contribution in [0.5, 0.6) is 0 Å². The molecule has 0 amide bonds. The van der Waals surface area contributed by atoms with Crippen LogP contribution in [0.4, 0.5) is 0 Å². The monoisotopic (exact) mass is 305 g/mol. The second kappa shape index (κ2) is 6.87. The number of fused-ring (bicyclic) bond motifs is 1. The molecule has 0 bridgehead atoms. The zero-order chi connectivity index (χ0) is 15.6. The maximum Gasteiger partial charge on any atom is 0.190 e. The van der Waals surface area contributed by atoms with Crippen molar-refractivity contribution in [1.29, 1.82) is 0 Å². The number of hydrogen-bond donors (Lipinski definition) is 2. The van der Waals surface area contributed by atoms with Crippen LogP contribution in [0.15, 0.2) is 0 Å². The standard InChI is InChI=1S/C14H27NO6/c1-14(2)20-12-11(18-7-5-6-15(3)4)10(9(17)8-16)19-13(12)21-14/h9-13,16-17H,5-8H2,1-4H3/t9?,10-,11+,12-,13?/m1/s1. The SMILES string of the molecule is CN(C)CCCO[C@H]1[C@@H](C(O)CO)OC2OC(C)(C)O[C@@H]21. The summed E-state index contributed by atoms with van der Waals surface area (Å²) in [6.07, 6.45) is -2.17. The zero-order valence-corrected chi connectivity index (χ0v) is 13.2. The molecular weight excluding hydrogens is 278 g/mol. The molecule has 2 aliphatic heterocycles. The summed E-state index contributed by atoms with van der Waals surface area (Å²) in [5.74, 6) is -0.726.